The van der Waals surface area contributed by atoms with Crippen molar-refractivity contribution in [2.75, 3.05) is 21.3 Å². The van der Waals surface area contributed by atoms with Gasteiger partial charge < -0.3 is 96.4 Å². The molecule has 9 rings (SSSR count). The second-order valence-corrected chi connectivity index (χ2v) is 64.1. The van der Waals surface area contributed by atoms with E-state index in [1.165, 1.54) is 5.56 Å². The summed E-state index contributed by atoms with van der Waals surface area (Å²) in [6, 6.07) is 61.3. The van der Waals surface area contributed by atoms with Gasteiger partial charge in [0.05, 0.1) is 33.5 Å². The van der Waals surface area contributed by atoms with Crippen molar-refractivity contribution in [2.24, 2.45) is 0 Å². The Bertz CT molecular complexity index is 4170. The molecule has 0 atom stereocenters. The minimum absolute atomic E-state index is 0.0794. The highest BCUT2D eigenvalue weighted by atomic mass is 28.5. The lowest BCUT2D eigenvalue weighted by Gasteiger charge is -2.46. The van der Waals surface area contributed by atoms with Crippen LogP contribution in [-0.2, 0) is 95.7 Å². The fourth-order valence-corrected chi connectivity index (χ4v) is 36.6. The summed E-state index contributed by atoms with van der Waals surface area (Å²) in [6.45, 7) is 27.7. The molecule has 0 aliphatic heterocycles. The molecule has 9 aromatic carbocycles. The van der Waals surface area contributed by atoms with E-state index in [4.69, 9.17) is 30.0 Å². The Morgan fingerprint density at radius 1 is 0.267 bits per heavy atom. The van der Waals surface area contributed by atoms with Crippen molar-refractivity contribution in [3.05, 3.63) is 260 Å². The van der Waals surface area contributed by atoms with Gasteiger partial charge in [-0.25, -0.2) is 0 Å². The highest BCUT2D eigenvalue weighted by molar-refractivity contribution is 6.92. The molecule has 0 aliphatic carbocycles. The molecule has 9 aromatic rings. The largest absolute Gasteiger partial charge is 0.636 e. The Balaban J connectivity index is 0.000000322. The lowest BCUT2D eigenvalue weighted by molar-refractivity contribution is 0.144. The minimum Gasteiger partial charge on any atom is -0.508 e. The topological polar surface area (TPSA) is 328 Å². The van der Waals surface area contributed by atoms with Gasteiger partial charge in [-0.1, -0.05) is 84.9 Å². The smallest absolute Gasteiger partial charge is 0.508 e. The molecule has 20 nitrogen and oxygen atoms in total. The van der Waals surface area contributed by atoms with E-state index in [1.54, 1.807) is 94.1 Å². The third-order valence-electron chi connectivity index (χ3n) is 22.0. The van der Waals surface area contributed by atoms with Gasteiger partial charge in [-0.3, -0.25) is 0 Å². The molecule has 0 amide bonds. The number of benzene rings is 9. The van der Waals surface area contributed by atoms with Gasteiger partial charge in [0.2, 0.25) is 0 Å². The van der Waals surface area contributed by atoms with Crippen molar-refractivity contribution in [1.29, 1.82) is 0 Å². The summed E-state index contributed by atoms with van der Waals surface area (Å²) in [5, 5.41) is 128. The summed E-state index contributed by atoms with van der Waals surface area (Å²) in [7, 11) is -12.1. The first-order valence-electron chi connectivity index (χ1n) is 41.6. The zero-order valence-electron chi connectivity index (χ0n) is 73.6. The Morgan fingerprint density at radius 2 is 0.508 bits per heavy atom. The molecule has 120 heavy (non-hydrogen) atoms. The number of phenolic OH excluding ortho intramolecular Hbond substituents is 5. The first kappa shape index (κ1) is 101. The van der Waals surface area contributed by atoms with Crippen LogP contribution in [0.15, 0.2) is 188 Å². The van der Waals surface area contributed by atoms with Crippen molar-refractivity contribution in [3.8, 4) is 57.5 Å². The van der Waals surface area contributed by atoms with Crippen molar-refractivity contribution < 1.29 is 96.4 Å². The third kappa shape index (κ3) is 33.4. The maximum Gasteiger partial charge on any atom is 0.636 e. The van der Waals surface area contributed by atoms with Crippen molar-refractivity contribution in [2.45, 2.75) is 231 Å². The number of ether oxygens (including phenoxy) is 1. The second-order valence-electron chi connectivity index (χ2n) is 34.9. The molecule has 0 bridgehead atoms. The molecule has 0 fully saturated rings. The molecule has 0 saturated carbocycles. The summed E-state index contributed by atoms with van der Waals surface area (Å²) in [6.07, 6.45) is 10.4. The maximum absolute atomic E-state index is 10.2. The van der Waals surface area contributed by atoms with Crippen LogP contribution in [0.25, 0.3) is 0 Å². The molecule has 0 heterocycles. The van der Waals surface area contributed by atoms with Gasteiger partial charge in [0.1, 0.15) is 46.0 Å². The number of aryl methyl sites for hydroxylation is 6. The van der Waals surface area contributed by atoms with Gasteiger partial charge in [-0.15, -0.1) is 0 Å². The molecule has 27 heteroatoms. The molecule has 0 saturated heterocycles. The molecule has 0 aliphatic rings. The molecular formula is C93H136O20Si7. The Labute approximate surface area is 720 Å². The van der Waals surface area contributed by atoms with E-state index in [-0.39, 0.29) is 72.4 Å². The van der Waals surface area contributed by atoms with Crippen LogP contribution in [0.2, 0.25) is 115 Å². The fraction of sp³-hybridized carbons (Fsp3) is 0.419. The summed E-state index contributed by atoms with van der Waals surface area (Å²) < 4.78 is 46.2. The molecular weight excluding hydrogens is 1630 g/mol. The van der Waals surface area contributed by atoms with Crippen molar-refractivity contribution >= 4 is 59.0 Å². The predicted molar refractivity (Wildman–Crippen MR) is 497 cm³/mol. The monoisotopic (exact) mass is 1770 g/mol. The fourth-order valence-electron chi connectivity index (χ4n) is 14.4. The quantitative estimate of drug-likeness (QED) is 0.0125. The van der Waals surface area contributed by atoms with Gasteiger partial charge in [0.25, 0.3) is 0 Å². The number of phenols is 9. The molecule has 0 unspecified atom stereocenters. The van der Waals surface area contributed by atoms with E-state index in [9.17, 15) is 66.4 Å². The van der Waals surface area contributed by atoms with Crippen molar-refractivity contribution in [1.82, 2.24) is 0 Å². The van der Waals surface area contributed by atoms with E-state index in [0.29, 0.717) is 33.8 Å². The summed E-state index contributed by atoms with van der Waals surface area (Å²) in [5.41, 5.74) is 10.9. The summed E-state index contributed by atoms with van der Waals surface area (Å²) >= 11 is 0. The lowest BCUT2D eigenvalue weighted by Crippen LogP contribution is -2.66. The molecule has 13 N–H and O–H groups in total. The number of aliphatic hydroxyl groups excluding tert-OH is 4. The second kappa shape index (κ2) is 47.1. The standard InChI is InChI=1S/C48H76O12Si5.C20H18O3.C13H22O3Si.C12H20O2Si/c1-61(2,25-9-13-37-17-21-45(53)41(29-37)33-49)57-65(58-62(3,4)26-10-14-38-18-22-46(54)42(30-38)34-50,59-63(5,6)27-11-15-39-19-23-47(55)43(31-39)35-51)60-64(7,8)28-12-16-40-20-24-48(56)44(32-40)36-52;1-20(14-2-8-17(21)9-3-14,15-4-10-18(22)11-5-15)16-6-12-19(23)13-7-16;1-15-13-10-11(7-8-12(13)14)6-5-9-17(3,4)16-2;1-14-15(2,3)10-6-8-11-7-4-5-9-12(11)13/h17-24,29-32,49-56H,9-16,25-28,33-36H2,1-8H3;2-13,21-23H,1H3;7-8,10,14H,5-6,9H2,1-4H3;4-5,7,9,13H,6,8,10H2,1-3H3. The number of methoxy groups -OCH3 is 1. The number of rotatable bonds is 42. The van der Waals surface area contributed by atoms with Gasteiger partial charge in [-0.05, 0) is 352 Å². The average Bonchev–Trinajstić information content (AvgIpc) is 0.768. The molecule has 0 aromatic heterocycles. The molecule has 0 radical (unpaired) electrons. The Kier molecular flexibility index (Phi) is 39.6. The number of aliphatic hydroxyl groups is 4. The highest BCUT2D eigenvalue weighted by Gasteiger charge is 2.58. The average molecular weight is 1770 g/mol. The normalized spacial score (nSPS) is 12.2. The SMILES string of the molecule is CC(c1ccc(O)cc1)(c1ccc(O)cc1)c1ccc(O)cc1.CO[Si](C)(C)CCCc1ccccc1O.COc1cc(CCC[Si](C)(C)OC)ccc1O.C[Si](C)(CCCc1ccc(O)c(CO)c1)O[Si](O[Si](C)(C)CCCc1ccc(O)c(CO)c1)(O[Si](C)(C)CCCc1ccc(O)c(CO)c1)O[Si](C)(C)CCCc1ccc(O)c(CO)c1. The number of hydrogen-bond acceptors (Lipinski definition) is 20. The van der Waals surface area contributed by atoms with Crippen LogP contribution in [0.4, 0.5) is 0 Å². The lowest BCUT2D eigenvalue weighted by atomic mass is 9.71. The summed E-state index contributed by atoms with van der Waals surface area (Å²) in [5.74, 6) is 2.12. The van der Waals surface area contributed by atoms with Gasteiger partial charge >= 0.3 is 9.05 Å². The molecule has 0 spiro atoms. The zero-order chi connectivity index (χ0) is 88.7. The zero-order valence-corrected chi connectivity index (χ0v) is 80.6. The van der Waals surface area contributed by atoms with Crippen LogP contribution in [0, 0.1) is 0 Å². The van der Waals surface area contributed by atoms with Crippen LogP contribution in [0.3, 0.4) is 0 Å². The minimum atomic E-state index is -3.96. The van der Waals surface area contributed by atoms with E-state index in [0.717, 1.165) is 158 Å². The van der Waals surface area contributed by atoms with E-state index in [2.05, 4.69) is 85.5 Å². The van der Waals surface area contributed by atoms with E-state index < -0.39 is 64.4 Å². The van der Waals surface area contributed by atoms with Gasteiger partial charge in [-0.2, -0.15) is 0 Å². The van der Waals surface area contributed by atoms with Crippen LogP contribution >= 0.6 is 0 Å². The maximum atomic E-state index is 10.2. The highest BCUT2D eigenvalue weighted by Crippen LogP contribution is 2.42. The first-order chi connectivity index (χ1) is 56.5. The van der Waals surface area contributed by atoms with E-state index >= 15 is 0 Å². The van der Waals surface area contributed by atoms with Crippen molar-refractivity contribution in [3.63, 3.8) is 0 Å². The van der Waals surface area contributed by atoms with Crippen LogP contribution in [0.5, 0.6) is 57.5 Å². The first-order valence-corrected chi connectivity index (χ1v) is 62.0. The number of para-hydroxylation sites is 1. The van der Waals surface area contributed by atoms with Crippen LogP contribution in [0.1, 0.15) is 118 Å². The van der Waals surface area contributed by atoms with Crippen LogP contribution < -0.4 is 4.74 Å². The number of hydrogen-bond donors (Lipinski definition) is 13. The summed E-state index contributed by atoms with van der Waals surface area (Å²) in [4.78, 5) is 0. The third-order valence-corrected chi connectivity index (χ3v) is 46.4. The van der Waals surface area contributed by atoms with Gasteiger partial charge in [0.15, 0.2) is 61.4 Å². The Hall–Kier alpha value is -7.90. The Morgan fingerprint density at radius 3 is 0.767 bits per heavy atom. The van der Waals surface area contributed by atoms with Crippen LogP contribution in [-0.4, -0.2) is 147 Å². The molecule has 656 valence electrons. The number of aromatic hydroxyl groups is 9. The van der Waals surface area contributed by atoms with Gasteiger partial charge in [0, 0.05) is 41.9 Å². The predicted octanol–water partition coefficient (Wildman–Crippen LogP) is 20.2. The van der Waals surface area contributed by atoms with E-state index in [1.807, 2.05) is 115 Å².